The first-order chi connectivity index (χ1) is 9.72. The molecule has 1 N–H and O–H groups in total. The summed E-state index contributed by atoms with van der Waals surface area (Å²) in [5.74, 6) is 1.41. The quantitative estimate of drug-likeness (QED) is 0.741. The number of hydrogen-bond acceptors (Lipinski definition) is 4. The second kappa shape index (κ2) is 4.77. The molecule has 3 aromatic rings. The van der Waals surface area contributed by atoms with Crippen molar-refractivity contribution in [1.82, 2.24) is 15.0 Å². The zero-order valence-electron chi connectivity index (χ0n) is 11.2. The molecule has 20 heavy (non-hydrogen) atoms. The van der Waals surface area contributed by atoms with Gasteiger partial charge in [-0.1, -0.05) is 0 Å². The molecule has 0 aliphatic rings. The number of aromatic amines is 1. The summed E-state index contributed by atoms with van der Waals surface area (Å²) < 4.78 is 5.13. The normalized spacial score (nSPS) is 10.7. The number of nitrogens with zero attached hydrogens (tertiary/aromatic N) is 2. The Morgan fingerprint density at radius 2 is 1.95 bits per heavy atom. The third-order valence-corrected chi connectivity index (χ3v) is 3.22. The molecule has 0 aliphatic heterocycles. The number of fused-ring (bicyclic) bond motifs is 1. The molecule has 0 saturated heterocycles. The minimum Gasteiger partial charge on any atom is -0.497 e. The molecule has 0 aliphatic carbocycles. The van der Waals surface area contributed by atoms with Gasteiger partial charge >= 0.3 is 0 Å². The monoisotopic (exact) mass is 267 g/mol. The molecule has 0 amide bonds. The maximum Gasteiger partial charge on any atom is 0.161 e. The Hall–Kier alpha value is -2.69. The van der Waals surface area contributed by atoms with Gasteiger partial charge in [-0.2, -0.15) is 0 Å². The van der Waals surface area contributed by atoms with E-state index in [1.165, 1.54) is 0 Å². The molecule has 0 saturated carbocycles. The lowest BCUT2D eigenvalue weighted by molar-refractivity contribution is 0.112. The molecule has 100 valence electrons. The SMILES string of the molecule is COc1ccc(-c2nc(C)c3c(C=O)c[nH]c3n2)cc1. The number of ether oxygens (including phenoxy) is 1. The fraction of sp³-hybridized carbons (Fsp3) is 0.133. The van der Waals surface area contributed by atoms with Gasteiger partial charge < -0.3 is 9.72 Å². The van der Waals surface area contributed by atoms with Gasteiger partial charge in [0.25, 0.3) is 0 Å². The van der Waals surface area contributed by atoms with Gasteiger partial charge in [0.1, 0.15) is 11.4 Å². The molecule has 0 fully saturated rings. The van der Waals surface area contributed by atoms with Crippen molar-refractivity contribution in [3.8, 4) is 17.1 Å². The number of carbonyl (C=O) groups is 1. The predicted octanol–water partition coefficient (Wildman–Crippen LogP) is 2.75. The second-order valence-electron chi connectivity index (χ2n) is 4.45. The summed E-state index contributed by atoms with van der Waals surface area (Å²) in [6.07, 6.45) is 2.46. The predicted molar refractivity (Wildman–Crippen MR) is 76.0 cm³/mol. The Bertz CT molecular complexity index is 776. The van der Waals surface area contributed by atoms with E-state index in [-0.39, 0.29) is 0 Å². The Labute approximate surface area is 115 Å². The molecule has 3 rings (SSSR count). The Kier molecular flexibility index (Phi) is 2.95. The van der Waals surface area contributed by atoms with Crippen molar-refractivity contribution in [2.75, 3.05) is 7.11 Å². The van der Waals surface area contributed by atoms with E-state index in [0.717, 1.165) is 28.7 Å². The summed E-state index contributed by atoms with van der Waals surface area (Å²) in [6, 6.07) is 7.54. The van der Waals surface area contributed by atoms with E-state index in [0.29, 0.717) is 17.0 Å². The highest BCUT2D eigenvalue weighted by Gasteiger charge is 2.11. The van der Waals surface area contributed by atoms with Crippen molar-refractivity contribution in [3.05, 3.63) is 41.7 Å². The van der Waals surface area contributed by atoms with Crippen LogP contribution in [0.15, 0.2) is 30.5 Å². The van der Waals surface area contributed by atoms with E-state index in [2.05, 4.69) is 15.0 Å². The van der Waals surface area contributed by atoms with E-state index in [1.807, 2.05) is 31.2 Å². The van der Waals surface area contributed by atoms with E-state index < -0.39 is 0 Å². The smallest absolute Gasteiger partial charge is 0.161 e. The van der Waals surface area contributed by atoms with Crippen LogP contribution in [-0.2, 0) is 0 Å². The van der Waals surface area contributed by atoms with Crippen molar-refractivity contribution in [2.45, 2.75) is 6.92 Å². The van der Waals surface area contributed by atoms with Crippen molar-refractivity contribution >= 4 is 17.3 Å². The van der Waals surface area contributed by atoms with Crippen LogP contribution < -0.4 is 4.74 Å². The first-order valence-electron chi connectivity index (χ1n) is 6.18. The zero-order chi connectivity index (χ0) is 14.1. The van der Waals surface area contributed by atoms with Crippen LogP contribution in [0.3, 0.4) is 0 Å². The molecular weight excluding hydrogens is 254 g/mol. The average Bonchev–Trinajstić information content (AvgIpc) is 2.91. The molecule has 0 atom stereocenters. The highest BCUT2D eigenvalue weighted by molar-refractivity contribution is 5.97. The molecule has 0 bridgehead atoms. The van der Waals surface area contributed by atoms with Crippen LogP contribution in [0.5, 0.6) is 5.75 Å². The summed E-state index contributed by atoms with van der Waals surface area (Å²) >= 11 is 0. The molecule has 1 aromatic carbocycles. The Morgan fingerprint density at radius 3 is 2.60 bits per heavy atom. The van der Waals surface area contributed by atoms with Gasteiger partial charge in [0.15, 0.2) is 12.1 Å². The molecule has 5 nitrogen and oxygen atoms in total. The van der Waals surface area contributed by atoms with Gasteiger partial charge in [0, 0.05) is 17.3 Å². The minimum absolute atomic E-state index is 0.582. The molecular formula is C15H13N3O2. The lowest BCUT2D eigenvalue weighted by Gasteiger charge is -2.04. The van der Waals surface area contributed by atoms with Gasteiger partial charge in [-0.05, 0) is 31.2 Å². The van der Waals surface area contributed by atoms with Crippen molar-refractivity contribution in [3.63, 3.8) is 0 Å². The fourth-order valence-corrected chi connectivity index (χ4v) is 2.20. The van der Waals surface area contributed by atoms with Gasteiger partial charge in [-0.15, -0.1) is 0 Å². The molecule has 0 unspecified atom stereocenters. The molecule has 0 radical (unpaired) electrons. The topological polar surface area (TPSA) is 67.9 Å². The van der Waals surface area contributed by atoms with Crippen LogP contribution in [-0.4, -0.2) is 28.3 Å². The van der Waals surface area contributed by atoms with Gasteiger partial charge in [-0.25, -0.2) is 9.97 Å². The lowest BCUT2D eigenvalue weighted by atomic mass is 10.1. The third kappa shape index (κ3) is 1.93. The second-order valence-corrected chi connectivity index (χ2v) is 4.45. The average molecular weight is 267 g/mol. The van der Waals surface area contributed by atoms with E-state index >= 15 is 0 Å². The standard InChI is InChI=1S/C15H13N3O2/c1-9-13-11(8-19)7-16-15(13)18-14(17-9)10-3-5-12(20-2)6-4-10/h3-8H,1-2H3,(H,16,17,18). The fourth-order valence-electron chi connectivity index (χ4n) is 2.20. The van der Waals surface area contributed by atoms with Crippen molar-refractivity contribution < 1.29 is 9.53 Å². The summed E-state index contributed by atoms with van der Waals surface area (Å²) in [4.78, 5) is 22.9. The molecule has 2 aromatic heterocycles. The molecule has 0 spiro atoms. The number of benzene rings is 1. The van der Waals surface area contributed by atoms with Crippen LogP contribution in [0.1, 0.15) is 16.1 Å². The first-order valence-corrected chi connectivity index (χ1v) is 6.18. The third-order valence-electron chi connectivity index (χ3n) is 3.22. The summed E-state index contributed by atoms with van der Waals surface area (Å²) in [7, 11) is 1.63. The maximum atomic E-state index is 11.0. The minimum atomic E-state index is 0.582. The molecule has 5 heteroatoms. The van der Waals surface area contributed by atoms with Gasteiger partial charge in [0.2, 0.25) is 0 Å². The van der Waals surface area contributed by atoms with Crippen LogP contribution in [0.25, 0.3) is 22.4 Å². The first kappa shape index (κ1) is 12.3. The number of aromatic nitrogens is 3. The van der Waals surface area contributed by atoms with Gasteiger partial charge in [0.05, 0.1) is 18.2 Å². The number of rotatable bonds is 3. The largest absolute Gasteiger partial charge is 0.497 e. The Morgan fingerprint density at radius 1 is 1.20 bits per heavy atom. The summed E-state index contributed by atoms with van der Waals surface area (Å²) in [6.45, 7) is 1.87. The number of aldehydes is 1. The van der Waals surface area contributed by atoms with Crippen LogP contribution in [0.2, 0.25) is 0 Å². The lowest BCUT2D eigenvalue weighted by Crippen LogP contribution is -1.94. The van der Waals surface area contributed by atoms with E-state index in [1.54, 1.807) is 13.3 Å². The Balaban J connectivity index is 2.14. The highest BCUT2D eigenvalue weighted by atomic mass is 16.5. The molecule has 2 heterocycles. The number of aryl methyl sites for hydroxylation is 1. The van der Waals surface area contributed by atoms with Crippen LogP contribution in [0, 0.1) is 6.92 Å². The van der Waals surface area contributed by atoms with Crippen LogP contribution >= 0.6 is 0 Å². The number of H-pyrrole nitrogens is 1. The van der Waals surface area contributed by atoms with E-state index in [4.69, 9.17) is 4.74 Å². The number of methoxy groups -OCH3 is 1. The summed E-state index contributed by atoms with van der Waals surface area (Å²) in [5.41, 5.74) is 2.94. The van der Waals surface area contributed by atoms with E-state index in [9.17, 15) is 4.79 Å². The van der Waals surface area contributed by atoms with Crippen molar-refractivity contribution in [2.24, 2.45) is 0 Å². The highest BCUT2D eigenvalue weighted by Crippen LogP contribution is 2.24. The number of hydrogen-bond donors (Lipinski definition) is 1. The summed E-state index contributed by atoms with van der Waals surface area (Å²) in [5, 5.41) is 0.775. The van der Waals surface area contributed by atoms with Crippen LogP contribution in [0.4, 0.5) is 0 Å². The number of carbonyl (C=O) groups excluding carboxylic acids is 1. The zero-order valence-corrected chi connectivity index (χ0v) is 11.2. The maximum absolute atomic E-state index is 11.0. The van der Waals surface area contributed by atoms with Gasteiger partial charge in [-0.3, -0.25) is 4.79 Å². The number of nitrogens with one attached hydrogen (secondary N) is 1. The van der Waals surface area contributed by atoms with Crippen molar-refractivity contribution in [1.29, 1.82) is 0 Å².